The molecule has 106 valence electrons. The van der Waals surface area contributed by atoms with Crippen molar-refractivity contribution in [1.29, 1.82) is 0 Å². The molecule has 19 heavy (non-hydrogen) atoms. The molecule has 0 aliphatic heterocycles. The van der Waals surface area contributed by atoms with Crippen LogP contribution in [0.15, 0.2) is 18.2 Å². The Morgan fingerprint density at radius 1 is 1.37 bits per heavy atom. The molecule has 0 unspecified atom stereocenters. The molecule has 1 aromatic carbocycles. The fourth-order valence-corrected chi connectivity index (χ4v) is 1.97. The van der Waals surface area contributed by atoms with Crippen LogP contribution in [0.2, 0.25) is 0 Å². The van der Waals surface area contributed by atoms with Crippen LogP contribution in [0.1, 0.15) is 15.9 Å². The third-order valence-corrected chi connectivity index (χ3v) is 2.72. The molecule has 0 aliphatic rings. The zero-order valence-electron chi connectivity index (χ0n) is 10.1. The third-order valence-electron chi connectivity index (χ3n) is 2.36. The summed E-state index contributed by atoms with van der Waals surface area (Å²) in [5.74, 6) is -1.78. The lowest BCUT2D eigenvalue weighted by molar-refractivity contribution is -0.140. The predicted octanol–water partition coefficient (Wildman–Crippen LogP) is 3.53. The number of aryl methyl sites for hydroxylation is 1. The molecular formula is C12H12BrF4NO. The average molecular weight is 342 g/mol. The van der Waals surface area contributed by atoms with Crippen molar-refractivity contribution in [2.24, 2.45) is 0 Å². The first-order valence-corrected chi connectivity index (χ1v) is 6.55. The number of hydrogen-bond donors (Lipinski definition) is 0. The van der Waals surface area contributed by atoms with Crippen LogP contribution < -0.4 is 0 Å². The topological polar surface area (TPSA) is 20.3 Å². The lowest BCUT2D eigenvalue weighted by atomic mass is 10.1. The first-order chi connectivity index (χ1) is 8.74. The minimum absolute atomic E-state index is 0.147. The van der Waals surface area contributed by atoms with Gasteiger partial charge in [-0.2, -0.15) is 13.2 Å². The summed E-state index contributed by atoms with van der Waals surface area (Å²) >= 11 is 2.98. The van der Waals surface area contributed by atoms with Gasteiger partial charge in [0, 0.05) is 11.9 Å². The Morgan fingerprint density at radius 2 is 2.00 bits per heavy atom. The van der Waals surface area contributed by atoms with Crippen molar-refractivity contribution >= 4 is 21.8 Å². The Labute approximate surface area is 116 Å². The Morgan fingerprint density at radius 3 is 2.53 bits per heavy atom. The maximum absolute atomic E-state index is 13.5. The van der Waals surface area contributed by atoms with Gasteiger partial charge in [0.05, 0.1) is 5.56 Å². The molecule has 0 aromatic heterocycles. The largest absolute Gasteiger partial charge is 0.406 e. The minimum atomic E-state index is -4.52. The molecule has 0 saturated carbocycles. The standard InChI is InChI=1S/C12H12BrF4NO/c1-8-2-3-10(14)9(6-8)11(19)18(5-4-13)7-12(15,16)17/h2-3,6H,4-5,7H2,1H3. The van der Waals surface area contributed by atoms with Gasteiger partial charge in [0.2, 0.25) is 0 Å². The molecule has 1 rings (SSSR count). The molecule has 0 bridgehead atoms. The van der Waals surface area contributed by atoms with Gasteiger partial charge in [-0.1, -0.05) is 27.6 Å². The normalized spacial score (nSPS) is 11.5. The first-order valence-electron chi connectivity index (χ1n) is 5.42. The number of rotatable bonds is 4. The van der Waals surface area contributed by atoms with Crippen molar-refractivity contribution in [3.05, 3.63) is 35.1 Å². The van der Waals surface area contributed by atoms with Gasteiger partial charge in [0.25, 0.3) is 5.91 Å². The van der Waals surface area contributed by atoms with Crippen molar-refractivity contribution in [3.63, 3.8) is 0 Å². The van der Waals surface area contributed by atoms with Gasteiger partial charge < -0.3 is 4.90 Å². The first kappa shape index (κ1) is 15.9. The molecule has 0 heterocycles. The van der Waals surface area contributed by atoms with Crippen LogP contribution in [0.5, 0.6) is 0 Å². The van der Waals surface area contributed by atoms with E-state index in [0.29, 0.717) is 10.5 Å². The van der Waals surface area contributed by atoms with E-state index in [0.717, 1.165) is 6.07 Å². The van der Waals surface area contributed by atoms with E-state index in [2.05, 4.69) is 15.9 Å². The molecule has 0 radical (unpaired) electrons. The van der Waals surface area contributed by atoms with E-state index < -0.39 is 24.4 Å². The van der Waals surface area contributed by atoms with Gasteiger partial charge in [-0.15, -0.1) is 0 Å². The van der Waals surface area contributed by atoms with Crippen LogP contribution in [0, 0.1) is 12.7 Å². The number of halogens is 5. The average Bonchev–Trinajstić information content (AvgIpc) is 2.29. The van der Waals surface area contributed by atoms with E-state index in [1.165, 1.54) is 12.1 Å². The Kier molecular flexibility index (Phi) is 5.34. The second kappa shape index (κ2) is 6.36. The third kappa shape index (κ3) is 4.81. The summed E-state index contributed by atoms with van der Waals surface area (Å²) in [7, 11) is 0. The van der Waals surface area contributed by atoms with E-state index in [-0.39, 0.29) is 17.4 Å². The second-order valence-corrected chi connectivity index (χ2v) is 4.81. The van der Waals surface area contributed by atoms with Gasteiger partial charge in [-0.3, -0.25) is 4.79 Å². The van der Waals surface area contributed by atoms with Crippen LogP contribution in [-0.2, 0) is 0 Å². The Bertz CT molecular complexity index is 462. The zero-order valence-corrected chi connectivity index (χ0v) is 11.7. The predicted molar refractivity (Wildman–Crippen MR) is 66.9 cm³/mol. The van der Waals surface area contributed by atoms with Crippen LogP contribution in [0.4, 0.5) is 17.6 Å². The van der Waals surface area contributed by atoms with Crippen molar-refractivity contribution in [2.45, 2.75) is 13.1 Å². The lowest BCUT2D eigenvalue weighted by Gasteiger charge is -2.23. The number of benzene rings is 1. The zero-order chi connectivity index (χ0) is 14.6. The van der Waals surface area contributed by atoms with Crippen LogP contribution >= 0.6 is 15.9 Å². The van der Waals surface area contributed by atoms with Crippen molar-refractivity contribution < 1.29 is 22.4 Å². The van der Waals surface area contributed by atoms with Crippen molar-refractivity contribution in [3.8, 4) is 0 Å². The summed E-state index contributed by atoms with van der Waals surface area (Å²) in [5.41, 5.74) is 0.265. The molecule has 0 N–H and O–H groups in total. The van der Waals surface area contributed by atoms with E-state index in [1.807, 2.05) is 0 Å². The number of carbonyl (C=O) groups is 1. The molecule has 1 amide bonds. The molecular weight excluding hydrogens is 330 g/mol. The maximum atomic E-state index is 13.5. The number of nitrogens with zero attached hydrogens (tertiary/aromatic N) is 1. The van der Waals surface area contributed by atoms with Gasteiger partial charge in [-0.25, -0.2) is 4.39 Å². The fraction of sp³-hybridized carbons (Fsp3) is 0.417. The van der Waals surface area contributed by atoms with E-state index in [1.54, 1.807) is 6.92 Å². The highest BCUT2D eigenvalue weighted by Gasteiger charge is 2.33. The van der Waals surface area contributed by atoms with Gasteiger partial charge in [0.15, 0.2) is 0 Å². The molecule has 1 aromatic rings. The van der Waals surface area contributed by atoms with Crippen LogP contribution in [0.3, 0.4) is 0 Å². The smallest absolute Gasteiger partial charge is 0.329 e. The van der Waals surface area contributed by atoms with E-state index in [9.17, 15) is 22.4 Å². The molecule has 2 nitrogen and oxygen atoms in total. The quantitative estimate of drug-likeness (QED) is 0.606. The Balaban J connectivity index is 3.02. The molecule has 0 saturated heterocycles. The number of carbonyl (C=O) groups excluding carboxylic acids is 1. The molecule has 0 fully saturated rings. The van der Waals surface area contributed by atoms with Gasteiger partial charge in [-0.05, 0) is 19.1 Å². The molecule has 0 atom stereocenters. The van der Waals surface area contributed by atoms with Crippen LogP contribution in [0.25, 0.3) is 0 Å². The van der Waals surface area contributed by atoms with Gasteiger partial charge >= 0.3 is 6.18 Å². The summed E-state index contributed by atoms with van der Waals surface area (Å²) in [6, 6.07) is 3.77. The van der Waals surface area contributed by atoms with Crippen molar-refractivity contribution in [1.82, 2.24) is 4.90 Å². The van der Waals surface area contributed by atoms with E-state index >= 15 is 0 Å². The SMILES string of the molecule is Cc1ccc(F)c(C(=O)N(CCBr)CC(F)(F)F)c1. The highest BCUT2D eigenvalue weighted by Crippen LogP contribution is 2.19. The highest BCUT2D eigenvalue weighted by molar-refractivity contribution is 9.09. The summed E-state index contributed by atoms with van der Waals surface area (Å²) in [5, 5.41) is 0.183. The number of alkyl halides is 4. The number of hydrogen-bond acceptors (Lipinski definition) is 1. The molecule has 0 aliphatic carbocycles. The summed E-state index contributed by atoms with van der Waals surface area (Å²) in [6.07, 6.45) is -4.52. The van der Waals surface area contributed by atoms with Crippen LogP contribution in [-0.4, -0.2) is 35.4 Å². The Hall–Kier alpha value is -1.11. The molecule has 7 heteroatoms. The monoisotopic (exact) mass is 341 g/mol. The highest BCUT2D eigenvalue weighted by atomic mass is 79.9. The minimum Gasteiger partial charge on any atom is -0.329 e. The summed E-state index contributed by atoms with van der Waals surface area (Å²) in [6.45, 7) is 0.0886. The molecule has 0 spiro atoms. The summed E-state index contributed by atoms with van der Waals surface area (Å²) in [4.78, 5) is 12.5. The van der Waals surface area contributed by atoms with E-state index in [4.69, 9.17) is 0 Å². The van der Waals surface area contributed by atoms with Gasteiger partial charge in [0.1, 0.15) is 12.4 Å². The van der Waals surface area contributed by atoms with Crippen molar-refractivity contribution in [2.75, 3.05) is 18.4 Å². The fourth-order valence-electron chi connectivity index (χ4n) is 1.54. The second-order valence-electron chi connectivity index (χ2n) is 4.01. The maximum Gasteiger partial charge on any atom is 0.406 e. The lowest BCUT2D eigenvalue weighted by Crippen LogP contribution is -2.40. The summed E-state index contributed by atoms with van der Waals surface area (Å²) < 4.78 is 50.7. The number of amides is 1.